The first kappa shape index (κ1) is 19.9. The number of quaternary nitrogens is 1. The lowest BCUT2D eigenvalue weighted by Gasteiger charge is -2.23. The van der Waals surface area contributed by atoms with Gasteiger partial charge in [-0.05, 0) is 30.2 Å². The molecule has 0 radical (unpaired) electrons. The van der Waals surface area contributed by atoms with E-state index in [-0.39, 0.29) is 35.9 Å². The van der Waals surface area contributed by atoms with E-state index in [1.165, 1.54) is 10.9 Å². The number of carbonyl (C=O) groups is 1. The van der Waals surface area contributed by atoms with Crippen LogP contribution in [-0.4, -0.2) is 44.7 Å². The van der Waals surface area contributed by atoms with E-state index < -0.39 is 0 Å². The zero-order chi connectivity index (χ0) is 16.3. The maximum Gasteiger partial charge on any atom is 0.313 e. The predicted octanol–water partition coefficient (Wildman–Crippen LogP) is 0.505. The number of hydrogen-bond donors (Lipinski definition) is 0. The largest absolute Gasteiger partial charge is 1.00 e. The second-order valence-electron chi connectivity index (χ2n) is 7.01. The molecule has 0 aliphatic heterocycles. The van der Waals surface area contributed by atoms with Crippen LogP contribution in [0.3, 0.4) is 0 Å². The van der Waals surface area contributed by atoms with E-state index in [0.29, 0.717) is 6.61 Å². The fourth-order valence-electron chi connectivity index (χ4n) is 2.33. The normalized spacial score (nSPS) is 12.6. The number of esters is 1. The quantitative estimate of drug-likeness (QED) is 0.395. The summed E-state index contributed by atoms with van der Waals surface area (Å²) in [7, 11) is 6.26. The number of likely N-dealkylation sites (N-methyl/N-ethyl adjacent to an activating group) is 1. The lowest BCUT2D eigenvalue weighted by atomic mass is 9.97. The lowest BCUT2D eigenvalue weighted by molar-refractivity contribution is -0.870. The Morgan fingerprint density at radius 2 is 1.70 bits per heavy atom. The molecule has 0 heterocycles. The van der Waals surface area contributed by atoms with Crippen molar-refractivity contribution >= 4 is 16.7 Å². The van der Waals surface area contributed by atoms with Crippen LogP contribution < -0.4 is 24.0 Å². The summed E-state index contributed by atoms with van der Waals surface area (Å²) >= 11 is 0. The highest BCUT2D eigenvalue weighted by atomic mass is 127. The van der Waals surface area contributed by atoms with Crippen LogP contribution in [0, 0.1) is 6.92 Å². The number of halogens is 1. The standard InChI is InChI=1S/C19H26NO2.HI/c1-14-6-7-18-13-16(8-9-17(18)12-14)15(2)19(21)22-11-10-20(3,4)5;/h6-9,12-13,15H,10-11H2,1-5H3;1H/q+1;/p-1/t15-;/m0./s1. The van der Waals surface area contributed by atoms with Crippen molar-refractivity contribution in [3.63, 3.8) is 0 Å². The molecule has 2 aromatic carbocycles. The molecule has 0 aliphatic carbocycles. The molecule has 0 bridgehead atoms. The molecule has 4 heteroatoms. The Kier molecular flexibility index (Phi) is 7.02. The van der Waals surface area contributed by atoms with Crippen molar-refractivity contribution in [2.75, 3.05) is 34.3 Å². The van der Waals surface area contributed by atoms with Crippen molar-refractivity contribution in [2.45, 2.75) is 19.8 Å². The molecule has 0 saturated carbocycles. The number of nitrogens with zero attached hydrogens (tertiary/aromatic N) is 1. The molecule has 0 spiro atoms. The average Bonchev–Trinajstić information content (AvgIpc) is 2.44. The van der Waals surface area contributed by atoms with E-state index in [0.717, 1.165) is 22.0 Å². The smallest absolute Gasteiger partial charge is 0.313 e. The third kappa shape index (κ3) is 5.77. The van der Waals surface area contributed by atoms with Crippen molar-refractivity contribution in [1.82, 2.24) is 0 Å². The number of aryl methyl sites for hydroxylation is 1. The van der Waals surface area contributed by atoms with E-state index in [4.69, 9.17) is 4.74 Å². The molecule has 0 amide bonds. The molecule has 0 N–H and O–H groups in total. The van der Waals surface area contributed by atoms with Crippen molar-refractivity contribution in [2.24, 2.45) is 0 Å². The molecule has 23 heavy (non-hydrogen) atoms. The molecule has 126 valence electrons. The highest BCUT2D eigenvalue weighted by molar-refractivity contribution is 5.86. The summed E-state index contributed by atoms with van der Waals surface area (Å²) in [4.78, 5) is 12.2. The van der Waals surface area contributed by atoms with E-state index in [1.54, 1.807) is 0 Å². The summed E-state index contributed by atoms with van der Waals surface area (Å²) in [5, 5.41) is 2.36. The Hall–Kier alpha value is -1.14. The topological polar surface area (TPSA) is 26.3 Å². The highest BCUT2D eigenvalue weighted by Crippen LogP contribution is 2.23. The van der Waals surface area contributed by atoms with Gasteiger partial charge >= 0.3 is 5.97 Å². The summed E-state index contributed by atoms with van der Waals surface area (Å²) in [6.07, 6.45) is 0. The van der Waals surface area contributed by atoms with E-state index >= 15 is 0 Å². The van der Waals surface area contributed by atoms with Crippen LogP contribution in [0.5, 0.6) is 0 Å². The molecule has 0 saturated heterocycles. The van der Waals surface area contributed by atoms with Gasteiger partial charge in [0.1, 0.15) is 13.2 Å². The van der Waals surface area contributed by atoms with Crippen molar-refractivity contribution in [3.8, 4) is 0 Å². The van der Waals surface area contributed by atoms with Gasteiger partial charge in [-0.25, -0.2) is 0 Å². The van der Waals surface area contributed by atoms with Crippen LogP contribution in [-0.2, 0) is 9.53 Å². The number of ether oxygens (including phenoxy) is 1. The average molecular weight is 427 g/mol. The van der Waals surface area contributed by atoms with Gasteiger partial charge in [-0.1, -0.05) is 42.0 Å². The summed E-state index contributed by atoms with van der Waals surface area (Å²) in [6.45, 7) is 5.26. The monoisotopic (exact) mass is 427 g/mol. The zero-order valence-corrected chi connectivity index (χ0v) is 16.8. The van der Waals surface area contributed by atoms with Crippen molar-refractivity contribution in [1.29, 1.82) is 0 Å². The molecular formula is C19H26INO2. The van der Waals surface area contributed by atoms with Crippen LogP contribution in [0.25, 0.3) is 10.8 Å². The Bertz CT molecular complexity index is 677. The number of rotatable bonds is 5. The van der Waals surface area contributed by atoms with Crippen molar-refractivity contribution in [3.05, 3.63) is 47.5 Å². The highest BCUT2D eigenvalue weighted by Gasteiger charge is 2.18. The minimum atomic E-state index is -0.238. The fraction of sp³-hybridized carbons (Fsp3) is 0.421. The van der Waals surface area contributed by atoms with Gasteiger partial charge in [-0.15, -0.1) is 0 Å². The first-order chi connectivity index (χ1) is 10.3. The van der Waals surface area contributed by atoms with Crippen molar-refractivity contribution < 1.29 is 38.0 Å². The van der Waals surface area contributed by atoms with Gasteiger partial charge in [0.2, 0.25) is 0 Å². The Morgan fingerprint density at radius 1 is 1.09 bits per heavy atom. The minimum absolute atomic E-state index is 0. The first-order valence-electron chi connectivity index (χ1n) is 7.74. The van der Waals surface area contributed by atoms with E-state index in [2.05, 4.69) is 58.4 Å². The summed E-state index contributed by atoms with van der Waals surface area (Å²) in [5.74, 6) is -0.391. The van der Waals surface area contributed by atoms with Crippen LogP contribution in [0.2, 0.25) is 0 Å². The number of hydrogen-bond acceptors (Lipinski definition) is 2. The van der Waals surface area contributed by atoms with E-state index in [9.17, 15) is 4.79 Å². The lowest BCUT2D eigenvalue weighted by Crippen LogP contribution is -3.00. The molecule has 3 nitrogen and oxygen atoms in total. The number of benzene rings is 2. The van der Waals surface area contributed by atoms with Crippen LogP contribution in [0.1, 0.15) is 24.0 Å². The zero-order valence-electron chi connectivity index (χ0n) is 14.6. The predicted molar refractivity (Wildman–Crippen MR) is 91.0 cm³/mol. The molecule has 0 fully saturated rings. The summed E-state index contributed by atoms with van der Waals surface area (Å²) in [6, 6.07) is 12.5. The maximum absolute atomic E-state index is 12.2. The SMILES string of the molecule is Cc1ccc2cc([C@H](C)C(=O)OCC[N+](C)(C)C)ccc2c1.[I-]. The third-order valence-corrected chi connectivity index (χ3v) is 3.88. The van der Waals surface area contributed by atoms with Gasteiger partial charge in [0.25, 0.3) is 0 Å². The first-order valence-corrected chi connectivity index (χ1v) is 7.74. The molecule has 2 aromatic rings. The van der Waals surface area contributed by atoms with Gasteiger partial charge in [-0.3, -0.25) is 4.79 Å². The molecule has 0 unspecified atom stereocenters. The Balaban J connectivity index is 0.00000264. The third-order valence-electron chi connectivity index (χ3n) is 3.88. The summed E-state index contributed by atoms with van der Waals surface area (Å²) in [5.41, 5.74) is 2.25. The second kappa shape index (κ2) is 8.11. The Morgan fingerprint density at radius 3 is 2.35 bits per heavy atom. The summed E-state index contributed by atoms with van der Waals surface area (Å²) < 4.78 is 6.20. The van der Waals surface area contributed by atoms with Gasteiger partial charge in [0.05, 0.1) is 27.1 Å². The van der Waals surface area contributed by atoms with Crippen LogP contribution in [0.15, 0.2) is 36.4 Å². The van der Waals surface area contributed by atoms with Gasteiger partial charge < -0.3 is 33.2 Å². The molecule has 0 aliphatic rings. The van der Waals surface area contributed by atoms with Gasteiger partial charge in [0.15, 0.2) is 0 Å². The number of carbonyl (C=O) groups excluding carboxylic acids is 1. The fourth-order valence-corrected chi connectivity index (χ4v) is 2.33. The minimum Gasteiger partial charge on any atom is -1.00 e. The molecule has 2 rings (SSSR count). The second-order valence-corrected chi connectivity index (χ2v) is 7.01. The van der Waals surface area contributed by atoms with E-state index in [1.807, 2.05) is 13.0 Å². The van der Waals surface area contributed by atoms with Gasteiger partial charge in [0, 0.05) is 0 Å². The molecule has 0 aromatic heterocycles. The van der Waals surface area contributed by atoms with Crippen LogP contribution in [0.4, 0.5) is 0 Å². The van der Waals surface area contributed by atoms with Crippen LogP contribution >= 0.6 is 0 Å². The molecular weight excluding hydrogens is 401 g/mol. The molecule has 1 atom stereocenters. The number of fused-ring (bicyclic) bond motifs is 1. The van der Waals surface area contributed by atoms with Gasteiger partial charge in [-0.2, -0.15) is 0 Å². The Labute approximate surface area is 156 Å². The maximum atomic E-state index is 12.2.